The molecule has 0 spiro atoms. The molecule has 0 fully saturated rings. The van der Waals surface area contributed by atoms with Crippen molar-refractivity contribution in [3.8, 4) is 0 Å². The van der Waals surface area contributed by atoms with Crippen molar-refractivity contribution in [2.75, 3.05) is 4.72 Å². The summed E-state index contributed by atoms with van der Waals surface area (Å²) in [6.45, 7) is 1.93. The second-order valence-corrected chi connectivity index (χ2v) is 7.80. The molecule has 0 amide bonds. The van der Waals surface area contributed by atoms with Crippen molar-refractivity contribution in [3.05, 3.63) is 57.6 Å². The summed E-state index contributed by atoms with van der Waals surface area (Å²) in [5.41, 5.74) is 3.98. The Morgan fingerprint density at radius 1 is 1.10 bits per heavy atom. The van der Waals surface area contributed by atoms with Crippen molar-refractivity contribution in [2.45, 2.75) is 31.1 Å². The first-order chi connectivity index (χ1) is 9.97. The van der Waals surface area contributed by atoms with Gasteiger partial charge in [0.15, 0.2) is 0 Å². The van der Waals surface area contributed by atoms with Crippen molar-refractivity contribution in [1.82, 2.24) is 0 Å². The van der Waals surface area contributed by atoms with Crippen LogP contribution in [0, 0.1) is 6.92 Å². The van der Waals surface area contributed by atoms with E-state index >= 15 is 0 Å². The van der Waals surface area contributed by atoms with Gasteiger partial charge < -0.3 is 0 Å². The van der Waals surface area contributed by atoms with Crippen molar-refractivity contribution >= 4 is 31.6 Å². The second kappa shape index (κ2) is 5.46. The maximum absolute atomic E-state index is 12.5. The lowest BCUT2D eigenvalue weighted by Gasteiger charge is -2.12. The zero-order valence-corrected chi connectivity index (χ0v) is 14.1. The molecule has 5 heteroatoms. The average Bonchev–Trinajstić information content (AvgIpc) is 2.91. The Labute approximate surface area is 133 Å². The number of benzene rings is 2. The van der Waals surface area contributed by atoms with Crippen LogP contribution in [0.4, 0.5) is 5.69 Å². The maximum atomic E-state index is 12.5. The van der Waals surface area contributed by atoms with Crippen LogP contribution in [0.2, 0.25) is 0 Å². The molecule has 21 heavy (non-hydrogen) atoms. The number of aryl methyl sites for hydroxylation is 3. The van der Waals surface area contributed by atoms with E-state index in [1.807, 2.05) is 25.1 Å². The highest BCUT2D eigenvalue weighted by Gasteiger charge is 2.19. The summed E-state index contributed by atoms with van der Waals surface area (Å²) in [5, 5.41) is 0. The van der Waals surface area contributed by atoms with E-state index in [4.69, 9.17) is 0 Å². The number of hydrogen-bond donors (Lipinski definition) is 1. The maximum Gasteiger partial charge on any atom is 0.261 e. The molecule has 0 aliphatic heterocycles. The smallest absolute Gasteiger partial charge is 0.261 e. The Morgan fingerprint density at radius 2 is 1.86 bits per heavy atom. The Morgan fingerprint density at radius 3 is 2.67 bits per heavy atom. The summed E-state index contributed by atoms with van der Waals surface area (Å²) in [6.07, 6.45) is 3.12. The van der Waals surface area contributed by atoms with Gasteiger partial charge in [-0.05, 0) is 77.0 Å². The first-order valence-corrected chi connectivity index (χ1v) is 9.15. The quantitative estimate of drug-likeness (QED) is 0.891. The van der Waals surface area contributed by atoms with Gasteiger partial charge in [0.05, 0.1) is 10.6 Å². The fraction of sp³-hybridized carbons (Fsp3) is 0.250. The summed E-state index contributed by atoms with van der Waals surface area (Å²) in [4.78, 5) is 0.330. The molecule has 0 unspecified atom stereocenters. The number of sulfonamides is 1. The van der Waals surface area contributed by atoms with Gasteiger partial charge in [-0.2, -0.15) is 0 Å². The van der Waals surface area contributed by atoms with Crippen molar-refractivity contribution in [2.24, 2.45) is 0 Å². The third-order valence-electron chi connectivity index (χ3n) is 3.82. The third-order valence-corrected chi connectivity index (χ3v) is 6.23. The van der Waals surface area contributed by atoms with Crippen molar-refractivity contribution in [3.63, 3.8) is 0 Å². The van der Waals surface area contributed by atoms with E-state index in [9.17, 15) is 8.42 Å². The van der Waals surface area contributed by atoms with E-state index in [0.717, 1.165) is 34.9 Å². The van der Waals surface area contributed by atoms with Crippen molar-refractivity contribution in [1.29, 1.82) is 0 Å². The van der Waals surface area contributed by atoms with Crippen LogP contribution in [-0.2, 0) is 22.9 Å². The number of rotatable bonds is 3. The van der Waals surface area contributed by atoms with E-state index in [2.05, 4.69) is 20.7 Å². The molecule has 1 aliphatic rings. The van der Waals surface area contributed by atoms with Crippen LogP contribution in [0.3, 0.4) is 0 Å². The van der Waals surface area contributed by atoms with Crippen LogP contribution < -0.4 is 4.72 Å². The average molecular weight is 366 g/mol. The number of anilines is 1. The monoisotopic (exact) mass is 365 g/mol. The molecular weight excluding hydrogens is 350 g/mol. The predicted molar refractivity (Wildman–Crippen MR) is 88.2 cm³/mol. The molecule has 0 heterocycles. The number of halogens is 1. The molecule has 1 aliphatic carbocycles. The summed E-state index contributed by atoms with van der Waals surface area (Å²) >= 11 is 3.43. The molecule has 0 saturated carbocycles. The highest BCUT2D eigenvalue weighted by molar-refractivity contribution is 9.10. The van der Waals surface area contributed by atoms with E-state index in [0.29, 0.717) is 10.6 Å². The fourth-order valence-electron chi connectivity index (χ4n) is 2.65. The summed E-state index contributed by atoms with van der Waals surface area (Å²) in [5.74, 6) is 0. The van der Waals surface area contributed by atoms with Crippen LogP contribution in [0.25, 0.3) is 0 Å². The topological polar surface area (TPSA) is 46.2 Å². The summed E-state index contributed by atoms with van der Waals surface area (Å²) in [6, 6.07) is 10.9. The highest BCUT2D eigenvalue weighted by Crippen LogP contribution is 2.29. The van der Waals surface area contributed by atoms with E-state index in [1.165, 1.54) is 5.56 Å². The van der Waals surface area contributed by atoms with Crippen LogP contribution in [0.15, 0.2) is 45.8 Å². The Hall–Kier alpha value is -1.33. The molecule has 0 atom stereocenters. The number of hydrogen-bond acceptors (Lipinski definition) is 2. The lowest BCUT2D eigenvalue weighted by Crippen LogP contribution is -2.13. The summed E-state index contributed by atoms with van der Waals surface area (Å²) < 4.78 is 28.5. The molecule has 0 bridgehead atoms. The van der Waals surface area contributed by atoms with Gasteiger partial charge in [0, 0.05) is 4.47 Å². The van der Waals surface area contributed by atoms with Gasteiger partial charge in [-0.1, -0.05) is 18.2 Å². The van der Waals surface area contributed by atoms with Crippen LogP contribution in [0.5, 0.6) is 0 Å². The normalized spacial score (nSPS) is 14.0. The minimum atomic E-state index is -3.55. The largest absolute Gasteiger partial charge is 0.278 e. The van der Waals surface area contributed by atoms with Crippen LogP contribution >= 0.6 is 15.9 Å². The van der Waals surface area contributed by atoms with Gasteiger partial charge in [0.1, 0.15) is 0 Å². The molecule has 0 saturated heterocycles. The summed E-state index contributed by atoms with van der Waals surface area (Å²) in [7, 11) is -3.55. The molecular formula is C16H16BrNO2S. The fourth-order valence-corrected chi connectivity index (χ4v) is 4.26. The molecule has 3 rings (SSSR count). The molecule has 110 valence electrons. The first kappa shape index (κ1) is 14.6. The van der Waals surface area contributed by atoms with Gasteiger partial charge in [0.25, 0.3) is 10.0 Å². The van der Waals surface area contributed by atoms with E-state index in [-0.39, 0.29) is 0 Å². The van der Waals surface area contributed by atoms with Gasteiger partial charge in [0.2, 0.25) is 0 Å². The molecule has 2 aromatic carbocycles. The van der Waals surface area contributed by atoms with Crippen LogP contribution in [-0.4, -0.2) is 8.42 Å². The van der Waals surface area contributed by atoms with Gasteiger partial charge in [-0.15, -0.1) is 0 Å². The molecule has 1 N–H and O–H groups in total. The van der Waals surface area contributed by atoms with E-state index < -0.39 is 10.0 Å². The lowest BCUT2D eigenvalue weighted by atomic mass is 10.1. The Balaban J connectivity index is 1.96. The number of fused-ring (bicyclic) bond motifs is 1. The molecule has 0 radical (unpaired) electrons. The minimum absolute atomic E-state index is 0.330. The molecule has 0 aromatic heterocycles. The van der Waals surface area contributed by atoms with Crippen molar-refractivity contribution < 1.29 is 8.42 Å². The van der Waals surface area contributed by atoms with Gasteiger partial charge >= 0.3 is 0 Å². The van der Waals surface area contributed by atoms with Gasteiger partial charge in [-0.25, -0.2) is 8.42 Å². The standard InChI is InChI=1S/C16H16BrNO2S/c1-11-4-2-7-15(16(11)17)18-21(19,20)14-9-8-12-5-3-6-13(12)10-14/h2,4,7-10,18H,3,5-6H2,1H3. The third kappa shape index (κ3) is 2.85. The van der Waals surface area contributed by atoms with Crippen LogP contribution in [0.1, 0.15) is 23.1 Å². The Kier molecular flexibility index (Phi) is 3.80. The highest BCUT2D eigenvalue weighted by atomic mass is 79.9. The Bertz CT molecular complexity index is 800. The van der Waals surface area contributed by atoms with E-state index in [1.54, 1.807) is 18.2 Å². The zero-order chi connectivity index (χ0) is 15.0. The zero-order valence-electron chi connectivity index (χ0n) is 11.7. The second-order valence-electron chi connectivity index (χ2n) is 5.33. The predicted octanol–water partition coefficient (Wildman–Crippen LogP) is 4.05. The van der Waals surface area contributed by atoms with Gasteiger partial charge in [-0.3, -0.25) is 4.72 Å². The molecule has 3 nitrogen and oxygen atoms in total. The first-order valence-electron chi connectivity index (χ1n) is 6.87. The molecule has 2 aromatic rings. The minimum Gasteiger partial charge on any atom is -0.278 e. The lowest BCUT2D eigenvalue weighted by molar-refractivity contribution is 0.601. The number of nitrogens with one attached hydrogen (secondary N) is 1. The SMILES string of the molecule is Cc1cccc(NS(=O)(=O)c2ccc3c(c2)CCC3)c1Br.